The lowest BCUT2D eigenvalue weighted by molar-refractivity contribution is -0.136. The lowest BCUT2D eigenvalue weighted by Crippen LogP contribution is -2.60. The molecule has 7 atom stereocenters. The molecule has 17 N–H and O–H groups in total. The third kappa shape index (κ3) is 18.9. The fourth-order valence-corrected chi connectivity index (χ4v) is 8.80. The molecule has 418 valence electrons. The molecule has 2 heterocycles. The molecule has 24 nitrogen and oxygen atoms in total. The second-order valence-electron chi connectivity index (χ2n) is 19.0. The number of aromatic amines is 2. The predicted octanol–water partition coefficient (Wildman–Crippen LogP) is -0.0673. The van der Waals surface area contributed by atoms with Gasteiger partial charge >= 0.3 is 0 Å². The van der Waals surface area contributed by atoms with Gasteiger partial charge in [0.1, 0.15) is 48.6 Å². The molecule has 2 aromatic heterocycles. The number of amides is 8. The highest BCUT2D eigenvalue weighted by Gasteiger charge is 2.35. The largest absolute Gasteiger partial charge is 0.370 e. The minimum atomic E-state index is -1.47. The van der Waals surface area contributed by atoms with E-state index in [1.165, 1.54) is 19.4 Å². The SMILES string of the molecule is CCCC[C@H](NC(C)=O)C(=O)N[C@@H](CC=O)C(=O)N[C@@H](Cc1cnc[nH]1)C(=O)N[C@H](Cc1ccc2ccccc2c1)C(=O)N[C@@H](CCCN=C(N)N)C(=O)N[C@@H](Cc1c[nH]c2ccccc12)C(=O)N[C@@H](CCCCN)C(N)=O. The maximum atomic E-state index is 14.9. The number of aromatic nitrogens is 3. The molecular weight excluding hydrogens is 1000 g/mol. The first-order chi connectivity index (χ1) is 37.5. The summed E-state index contributed by atoms with van der Waals surface area (Å²) in [5, 5.41) is 21.3. The minimum absolute atomic E-state index is 0.0503. The molecule has 0 saturated carbocycles. The highest BCUT2D eigenvalue weighted by Crippen LogP contribution is 2.21. The standard InChI is InChI=1S/C54H73N15O9/c1-3-4-15-41(63-32(2)71)48(73)66-43(21-24-70)50(75)69-46(28-37-30-59-31-62-37)53(78)67-44(26-33-19-20-34-12-5-6-13-35(34)25-33)51(76)65-42(18-11-23-60-54(57)58)49(74)68-45(27-36-29-61-39-16-8-7-14-38(36)39)52(77)64-40(47(56)72)17-9-10-22-55/h5-8,12-14,16,19-20,24-25,29-31,40-46,61H,3-4,9-11,15,17-18,21-23,26-28,55H2,1-2H3,(H2,56,72)(H,59,62)(H,63,71)(H,64,77)(H,65,76)(H,66,73)(H,67,78)(H,68,74)(H,69,75)(H4,57,58,60)/t40-,41-,42-,43-,44+,45-,46-/m0/s1. The van der Waals surface area contributed by atoms with Crippen molar-refractivity contribution in [1.29, 1.82) is 0 Å². The van der Waals surface area contributed by atoms with Gasteiger partial charge in [-0.15, -0.1) is 0 Å². The molecule has 0 spiro atoms. The van der Waals surface area contributed by atoms with Crippen LogP contribution in [-0.4, -0.2) is 130 Å². The molecule has 3 aromatic carbocycles. The van der Waals surface area contributed by atoms with Gasteiger partial charge in [-0.3, -0.25) is 43.3 Å². The van der Waals surface area contributed by atoms with Crippen LogP contribution in [-0.2, 0) is 62.4 Å². The smallest absolute Gasteiger partial charge is 0.243 e. The number of fused-ring (bicyclic) bond motifs is 2. The number of para-hydroxylation sites is 1. The van der Waals surface area contributed by atoms with E-state index in [2.05, 4.69) is 57.2 Å². The fourth-order valence-electron chi connectivity index (χ4n) is 8.80. The summed E-state index contributed by atoms with van der Waals surface area (Å²) >= 11 is 0. The summed E-state index contributed by atoms with van der Waals surface area (Å²) in [6.07, 6.45) is 6.94. The number of hydrogen-bond donors (Lipinski definition) is 13. The van der Waals surface area contributed by atoms with Crippen molar-refractivity contribution < 1.29 is 43.2 Å². The first-order valence-electron chi connectivity index (χ1n) is 26.1. The molecule has 0 fully saturated rings. The van der Waals surface area contributed by atoms with Crippen LogP contribution in [0.15, 0.2) is 90.4 Å². The van der Waals surface area contributed by atoms with Crippen molar-refractivity contribution in [2.75, 3.05) is 13.1 Å². The van der Waals surface area contributed by atoms with Crippen molar-refractivity contribution in [3.8, 4) is 0 Å². The van der Waals surface area contributed by atoms with E-state index in [1.54, 1.807) is 12.3 Å². The van der Waals surface area contributed by atoms with E-state index in [4.69, 9.17) is 22.9 Å². The first-order valence-corrected chi connectivity index (χ1v) is 26.1. The number of guanidine groups is 1. The highest BCUT2D eigenvalue weighted by atomic mass is 16.2. The van der Waals surface area contributed by atoms with Gasteiger partial charge in [0.15, 0.2) is 5.96 Å². The van der Waals surface area contributed by atoms with E-state index in [0.29, 0.717) is 55.3 Å². The molecular formula is C54H73N15O9. The van der Waals surface area contributed by atoms with Gasteiger partial charge in [0.25, 0.3) is 0 Å². The van der Waals surface area contributed by atoms with Crippen molar-refractivity contribution in [3.63, 3.8) is 0 Å². The molecule has 0 unspecified atom stereocenters. The number of rotatable bonds is 33. The van der Waals surface area contributed by atoms with Gasteiger partial charge in [-0.25, -0.2) is 4.98 Å². The maximum Gasteiger partial charge on any atom is 0.243 e. The number of nitrogens with two attached hydrogens (primary N) is 4. The van der Waals surface area contributed by atoms with Crippen molar-refractivity contribution in [2.45, 2.75) is 133 Å². The van der Waals surface area contributed by atoms with Gasteiger partial charge in [-0.1, -0.05) is 80.4 Å². The number of nitrogens with one attached hydrogen (secondary N) is 9. The lowest BCUT2D eigenvalue weighted by atomic mass is 9.99. The number of H-pyrrole nitrogens is 2. The van der Waals surface area contributed by atoms with Crippen LogP contribution in [0.3, 0.4) is 0 Å². The van der Waals surface area contributed by atoms with Crippen LogP contribution < -0.4 is 60.2 Å². The number of aliphatic imine (C=N–C) groups is 1. The molecule has 0 bridgehead atoms. The number of benzene rings is 3. The van der Waals surface area contributed by atoms with Crippen LogP contribution in [0.2, 0.25) is 0 Å². The normalized spacial score (nSPS) is 13.8. The molecule has 0 aliphatic carbocycles. The van der Waals surface area contributed by atoms with Gasteiger partial charge in [0, 0.05) is 68.1 Å². The van der Waals surface area contributed by atoms with Gasteiger partial charge in [0.05, 0.1) is 6.33 Å². The van der Waals surface area contributed by atoms with E-state index >= 15 is 0 Å². The van der Waals surface area contributed by atoms with Crippen LogP contribution >= 0.6 is 0 Å². The van der Waals surface area contributed by atoms with Crippen LogP contribution in [0.4, 0.5) is 0 Å². The van der Waals surface area contributed by atoms with E-state index in [0.717, 1.165) is 21.7 Å². The molecule has 78 heavy (non-hydrogen) atoms. The molecule has 0 aliphatic rings. The summed E-state index contributed by atoms with van der Waals surface area (Å²) in [7, 11) is 0. The summed E-state index contributed by atoms with van der Waals surface area (Å²) in [5.74, 6) is -6.31. The lowest BCUT2D eigenvalue weighted by Gasteiger charge is -2.28. The molecule has 8 amide bonds. The predicted molar refractivity (Wildman–Crippen MR) is 293 cm³/mol. The van der Waals surface area contributed by atoms with Crippen LogP contribution in [0.25, 0.3) is 21.7 Å². The van der Waals surface area contributed by atoms with Gasteiger partial charge in [-0.05, 0) is 73.0 Å². The quantitative estimate of drug-likeness (QED) is 0.0113. The molecule has 0 aliphatic heterocycles. The Morgan fingerprint density at radius 3 is 1.81 bits per heavy atom. The summed E-state index contributed by atoms with van der Waals surface area (Å²) < 4.78 is 0. The number of unbranched alkanes of at least 4 members (excludes halogenated alkanes) is 2. The zero-order valence-corrected chi connectivity index (χ0v) is 44.0. The Bertz CT molecular complexity index is 2870. The van der Waals surface area contributed by atoms with Crippen molar-refractivity contribution >= 4 is 81.2 Å². The van der Waals surface area contributed by atoms with Gasteiger partial charge in [0.2, 0.25) is 47.3 Å². The number of nitrogens with zero attached hydrogens (tertiary/aromatic N) is 2. The van der Waals surface area contributed by atoms with E-state index < -0.39 is 96.0 Å². The zero-order valence-electron chi connectivity index (χ0n) is 44.0. The second-order valence-corrected chi connectivity index (χ2v) is 19.0. The number of carbonyl (C=O) groups is 9. The third-order valence-corrected chi connectivity index (χ3v) is 12.9. The summed E-state index contributed by atoms with van der Waals surface area (Å²) in [6, 6.07) is 11.2. The van der Waals surface area contributed by atoms with Crippen molar-refractivity contribution in [2.24, 2.45) is 27.9 Å². The summed E-state index contributed by atoms with van der Waals surface area (Å²) in [5.41, 5.74) is 25.1. The Morgan fingerprint density at radius 1 is 0.615 bits per heavy atom. The number of carbonyl (C=O) groups excluding carboxylic acids is 9. The topological polar surface area (TPSA) is 399 Å². The van der Waals surface area contributed by atoms with E-state index in [-0.39, 0.29) is 57.5 Å². The maximum absolute atomic E-state index is 14.9. The van der Waals surface area contributed by atoms with E-state index in [1.807, 2.05) is 67.6 Å². The molecule has 0 radical (unpaired) electrons. The van der Waals surface area contributed by atoms with Crippen LogP contribution in [0.5, 0.6) is 0 Å². The summed E-state index contributed by atoms with van der Waals surface area (Å²) in [4.78, 5) is 137. The monoisotopic (exact) mass is 1080 g/mol. The Balaban J connectivity index is 1.48. The number of hydrogen-bond acceptors (Lipinski definition) is 12. The number of imidazole rings is 1. The van der Waals surface area contributed by atoms with E-state index in [9.17, 15) is 43.2 Å². The Kier molecular flexibility index (Phi) is 23.7. The first kappa shape index (κ1) is 60.2. The average Bonchev–Trinajstić information content (AvgIpc) is 4.09. The number of primary amides is 1. The minimum Gasteiger partial charge on any atom is -0.370 e. The second kappa shape index (κ2) is 30.8. The van der Waals surface area contributed by atoms with Crippen molar-refractivity contribution in [3.05, 3.63) is 102 Å². The van der Waals surface area contributed by atoms with Gasteiger partial charge in [-0.2, -0.15) is 0 Å². The van der Waals surface area contributed by atoms with Crippen molar-refractivity contribution in [1.82, 2.24) is 52.2 Å². The Morgan fingerprint density at radius 2 is 1.18 bits per heavy atom. The average molecular weight is 1080 g/mol. The molecule has 0 saturated heterocycles. The number of aldehydes is 1. The molecule has 5 aromatic rings. The Hall–Kier alpha value is -8.67. The Labute approximate surface area is 451 Å². The van der Waals surface area contributed by atoms with Crippen LogP contribution in [0.1, 0.15) is 88.5 Å². The summed E-state index contributed by atoms with van der Waals surface area (Å²) in [6.45, 7) is 3.56. The van der Waals surface area contributed by atoms with Gasteiger partial charge < -0.3 is 74.9 Å². The molecule has 24 heteroatoms. The molecule has 5 rings (SSSR count). The third-order valence-electron chi connectivity index (χ3n) is 12.9. The van der Waals surface area contributed by atoms with Crippen LogP contribution in [0, 0.1) is 0 Å². The zero-order chi connectivity index (χ0) is 56.6. The highest BCUT2D eigenvalue weighted by molar-refractivity contribution is 5.98. The fraction of sp³-hybridized carbons (Fsp3) is 0.426.